The van der Waals surface area contributed by atoms with E-state index in [9.17, 15) is 0 Å². The fraction of sp³-hybridized carbons (Fsp3) is 0.667. The van der Waals surface area contributed by atoms with Gasteiger partial charge in [-0.15, -0.1) is 0 Å². The number of benzene rings is 1. The maximum atomic E-state index is 5.86. The molecule has 0 amide bonds. The molecule has 1 heterocycles. The first kappa shape index (κ1) is 15.4. The van der Waals surface area contributed by atoms with Crippen molar-refractivity contribution >= 4 is 5.69 Å². The van der Waals surface area contributed by atoms with Crippen LogP contribution < -0.4 is 10.6 Å². The lowest BCUT2D eigenvalue weighted by atomic mass is 9.96. The summed E-state index contributed by atoms with van der Waals surface area (Å²) in [7, 11) is 0. The Morgan fingerprint density at radius 1 is 1.20 bits per heavy atom. The van der Waals surface area contributed by atoms with E-state index in [1.807, 2.05) is 0 Å². The quantitative estimate of drug-likeness (QED) is 0.880. The largest absolute Gasteiger partial charge is 0.372 e. The van der Waals surface area contributed by atoms with Gasteiger partial charge in [-0.25, -0.2) is 0 Å². The molecule has 2 unspecified atom stereocenters. The molecule has 2 heteroatoms. The molecule has 2 nitrogen and oxygen atoms in total. The van der Waals surface area contributed by atoms with E-state index in [0.717, 1.165) is 12.3 Å². The van der Waals surface area contributed by atoms with Gasteiger partial charge in [-0.05, 0) is 56.2 Å². The van der Waals surface area contributed by atoms with Gasteiger partial charge in [0, 0.05) is 24.8 Å². The van der Waals surface area contributed by atoms with Crippen molar-refractivity contribution in [2.24, 2.45) is 11.7 Å². The van der Waals surface area contributed by atoms with Crippen LogP contribution in [-0.2, 0) is 6.42 Å². The first-order chi connectivity index (χ1) is 9.69. The SMILES string of the molecule is CCCC1CCCN(c2ccc(CC(C)N)cc2)CC1. The van der Waals surface area contributed by atoms with Crippen LogP contribution in [0.2, 0.25) is 0 Å². The Labute approximate surface area is 124 Å². The zero-order valence-electron chi connectivity index (χ0n) is 13.1. The first-order valence-electron chi connectivity index (χ1n) is 8.28. The third-order valence-electron chi connectivity index (χ3n) is 4.40. The summed E-state index contributed by atoms with van der Waals surface area (Å²) in [6.07, 6.45) is 7.81. The molecular formula is C18H30N2. The van der Waals surface area contributed by atoms with Gasteiger partial charge >= 0.3 is 0 Å². The average molecular weight is 274 g/mol. The van der Waals surface area contributed by atoms with Crippen molar-refractivity contribution in [3.63, 3.8) is 0 Å². The van der Waals surface area contributed by atoms with Crippen molar-refractivity contribution < 1.29 is 0 Å². The molecule has 1 aromatic rings. The minimum Gasteiger partial charge on any atom is -0.372 e. The number of nitrogens with two attached hydrogens (primary N) is 1. The molecule has 1 aromatic carbocycles. The van der Waals surface area contributed by atoms with Gasteiger partial charge < -0.3 is 10.6 Å². The van der Waals surface area contributed by atoms with Crippen LogP contribution in [0.15, 0.2) is 24.3 Å². The van der Waals surface area contributed by atoms with Gasteiger partial charge in [0.1, 0.15) is 0 Å². The molecule has 0 radical (unpaired) electrons. The van der Waals surface area contributed by atoms with E-state index in [0.29, 0.717) is 0 Å². The lowest BCUT2D eigenvalue weighted by Gasteiger charge is -2.23. The Kier molecular flexibility index (Phi) is 5.90. The van der Waals surface area contributed by atoms with E-state index in [-0.39, 0.29) is 6.04 Å². The molecule has 1 fully saturated rings. The topological polar surface area (TPSA) is 29.3 Å². The van der Waals surface area contributed by atoms with Crippen LogP contribution in [0.25, 0.3) is 0 Å². The van der Waals surface area contributed by atoms with Crippen molar-refractivity contribution in [2.75, 3.05) is 18.0 Å². The zero-order valence-corrected chi connectivity index (χ0v) is 13.1. The summed E-state index contributed by atoms with van der Waals surface area (Å²) in [5.41, 5.74) is 8.59. The highest BCUT2D eigenvalue weighted by atomic mass is 15.1. The number of nitrogens with zero attached hydrogens (tertiary/aromatic N) is 1. The molecule has 0 saturated carbocycles. The molecule has 0 spiro atoms. The Morgan fingerprint density at radius 3 is 2.60 bits per heavy atom. The van der Waals surface area contributed by atoms with E-state index in [1.54, 1.807) is 0 Å². The van der Waals surface area contributed by atoms with Gasteiger partial charge in [-0.2, -0.15) is 0 Å². The highest BCUT2D eigenvalue weighted by Gasteiger charge is 2.16. The summed E-state index contributed by atoms with van der Waals surface area (Å²) in [5.74, 6) is 0.947. The third kappa shape index (κ3) is 4.52. The molecule has 0 aromatic heterocycles. The summed E-state index contributed by atoms with van der Waals surface area (Å²) in [6.45, 7) is 6.81. The lowest BCUT2D eigenvalue weighted by molar-refractivity contribution is 0.435. The van der Waals surface area contributed by atoms with Crippen LogP contribution in [-0.4, -0.2) is 19.1 Å². The molecule has 1 aliphatic rings. The average Bonchev–Trinajstić information content (AvgIpc) is 2.65. The van der Waals surface area contributed by atoms with Crippen molar-refractivity contribution in [3.05, 3.63) is 29.8 Å². The number of hydrogen-bond acceptors (Lipinski definition) is 2. The molecule has 2 atom stereocenters. The summed E-state index contributed by atoms with van der Waals surface area (Å²) in [5, 5.41) is 0. The summed E-state index contributed by atoms with van der Waals surface area (Å²) < 4.78 is 0. The van der Waals surface area contributed by atoms with E-state index in [4.69, 9.17) is 5.73 Å². The minimum atomic E-state index is 0.244. The van der Waals surface area contributed by atoms with Crippen molar-refractivity contribution in [1.82, 2.24) is 0 Å². The molecule has 112 valence electrons. The molecule has 2 N–H and O–H groups in total. The lowest BCUT2D eigenvalue weighted by Crippen LogP contribution is -2.24. The Hall–Kier alpha value is -1.02. The maximum absolute atomic E-state index is 5.86. The third-order valence-corrected chi connectivity index (χ3v) is 4.40. The van der Waals surface area contributed by atoms with Gasteiger partial charge in [-0.1, -0.05) is 31.9 Å². The zero-order chi connectivity index (χ0) is 14.4. The molecule has 1 saturated heterocycles. The van der Waals surface area contributed by atoms with Crippen LogP contribution >= 0.6 is 0 Å². The molecule has 2 rings (SSSR count). The van der Waals surface area contributed by atoms with E-state index in [1.165, 1.54) is 56.4 Å². The van der Waals surface area contributed by atoms with E-state index >= 15 is 0 Å². The minimum absolute atomic E-state index is 0.244. The van der Waals surface area contributed by atoms with Crippen molar-refractivity contribution in [3.8, 4) is 0 Å². The normalized spacial score (nSPS) is 21.6. The number of anilines is 1. The van der Waals surface area contributed by atoms with Gasteiger partial charge in [0.25, 0.3) is 0 Å². The molecular weight excluding hydrogens is 244 g/mol. The molecule has 0 bridgehead atoms. The van der Waals surface area contributed by atoms with Gasteiger partial charge in [0.15, 0.2) is 0 Å². The summed E-state index contributed by atoms with van der Waals surface area (Å²) in [4.78, 5) is 2.56. The maximum Gasteiger partial charge on any atom is 0.0366 e. The van der Waals surface area contributed by atoms with Gasteiger partial charge in [0.05, 0.1) is 0 Å². The summed E-state index contributed by atoms with van der Waals surface area (Å²) >= 11 is 0. The van der Waals surface area contributed by atoms with Crippen LogP contribution in [0.1, 0.15) is 51.5 Å². The second-order valence-corrected chi connectivity index (χ2v) is 6.42. The molecule has 1 aliphatic heterocycles. The van der Waals surface area contributed by atoms with Gasteiger partial charge in [-0.3, -0.25) is 0 Å². The highest BCUT2D eigenvalue weighted by Crippen LogP contribution is 2.25. The molecule has 0 aliphatic carbocycles. The van der Waals surface area contributed by atoms with E-state index in [2.05, 4.69) is 43.0 Å². The number of hydrogen-bond donors (Lipinski definition) is 1. The fourth-order valence-electron chi connectivity index (χ4n) is 3.34. The predicted molar refractivity (Wildman–Crippen MR) is 88.3 cm³/mol. The van der Waals surface area contributed by atoms with E-state index < -0.39 is 0 Å². The molecule has 20 heavy (non-hydrogen) atoms. The highest BCUT2D eigenvalue weighted by molar-refractivity contribution is 5.47. The second kappa shape index (κ2) is 7.68. The smallest absolute Gasteiger partial charge is 0.0366 e. The van der Waals surface area contributed by atoms with Crippen molar-refractivity contribution in [1.29, 1.82) is 0 Å². The fourth-order valence-corrected chi connectivity index (χ4v) is 3.34. The van der Waals surface area contributed by atoms with Gasteiger partial charge in [0.2, 0.25) is 0 Å². The van der Waals surface area contributed by atoms with Crippen LogP contribution in [0, 0.1) is 5.92 Å². The number of rotatable bonds is 5. The predicted octanol–water partition coefficient (Wildman–Crippen LogP) is 3.98. The Bertz CT molecular complexity index is 383. The second-order valence-electron chi connectivity index (χ2n) is 6.42. The Morgan fingerprint density at radius 2 is 1.95 bits per heavy atom. The monoisotopic (exact) mass is 274 g/mol. The van der Waals surface area contributed by atoms with Crippen LogP contribution in [0.5, 0.6) is 0 Å². The van der Waals surface area contributed by atoms with Crippen molar-refractivity contribution in [2.45, 2.75) is 58.4 Å². The standard InChI is InChI=1S/C18H30N2/c1-3-5-16-6-4-12-20(13-11-16)18-9-7-17(8-10-18)14-15(2)19/h7-10,15-16H,3-6,11-14,19H2,1-2H3. The van der Waals surface area contributed by atoms with Crippen LogP contribution in [0.4, 0.5) is 5.69 Å². The first-order valence-corrected chi connectivity index (χ1v) is 8.28. The van der Waals surface area contributed by atoms with Crippen LogP contribution in [0.3, 0.4) is 0 Å². The Balaban J connectivity index is 1.94. The summed E-state index contributed by atoms with van der Waals surface area (Å²) in [6, 6.07) is 9.28.